The molecule has 74 valence electrons. The monoisotopic (exact) mass is 274 g/mol. The average Bonchev–Trinajstić information content (AvgIpc) is 2.16. The Hall–Kier alpha value is -0.800. The van der Waals surface area contributed by atoms with Gasteiger partial charge >= 0.3 is 5.97 Å². The van der Waals surface area contributed by atoms with E-state index in [0.717, 1.165) is 10.0 Å². The third-order valence-electron chi connectivity index (χ3n) is 1.56. The van der Waals surface area contributed by atoms with Crippen LogP contribution in [-0.4, -0.2) is 13.1 Å². The summed E-state index contributed by atoms with van der Waals surface area (Å²) in [6, 6.07) is 5.33. The number of halogens is 2. The van der Waals surface area contributed by atoms with Gasteiger partial charge in [0.2, 0.25) is 0 Å². The summed E-state index contributed by atoms with van der Waals surface area (Å²) in [5, 5.41) is 0.645. The highest BCUT2D eigenvalue weighted by Crippen LogP contribution is 2.22. The average molecular weight is 276 g/mol. The summed E-state index contributed by atoms with van der Waals surface area (Å²) in [5.74, 6) is -0.383. The zero-order valence-corrected chi connectivity index (χ0v) is 9.80. The summed E-state index contributed by atoms with van der Waals surface area (Å²) in [4.78, 5) is 10.8. The van der Waals surface area contributed by atoms with E-state index in [2.05, 4.69) is 20.7 Å². The molecule has 4 heteroatoms. The van der Waals surface area contributed by atoms with Crippen LogP contribution in [0.15, 0.2) is 28.7 Å². The van der Waals surface area contributed by atoms with Crippen LogP contribution >= 0.6 is 27.5 Å². The van der Waals surface area contributed by atoms with Crippen molar-refractivity contribution in [2.24, 2.45) is 0 Å². The van der Waals surface area contributed by atoms with Gasteiger partial charge in [0.1, 0.15) is 0 Å². The SMILES string of the molecule is COC(=O)/C=C/c1ccc(Cl)cc1Br. The minimum atomic E-state index is -0.383. The molecule has 0 saturated heterocycles. The second-order valence-corrected chi connectivity index (χ2v) is 3.81. The summed E-state index contributed by atoms with van der Waals surface area (Å²) in [7, 11) is 1.34. The fourth-order valence-corrected chi connectivity index (χ4v) is 1.68. The molecule has 0 bridgehead atoms. The van der Waals surface area contributed by atoms with E-state index in [1.165, 1.54) is 13.2 Å². The normalized spacial score (nSPS) is 10.5. The molecule has 0 aliphatic carbocycles. The second kappa shape index (κ2) is 5.17. The smallest absolute Gasteiger partial charge is 0.330 e. The summed E-state index contributed by atoms with van der Waals surface area (Å²) >= 11 is 9.09. The van der Waals surface area contributed by atoms with E-state index < -0.39 is 0 Å². The van der Waals surface area contributed by atoms with Gasteiger partial charge < -0.3 is 4.74 Å². The molecule has 0 N–H and O–H groups in total. The van der Waals surface area contributed by atoms with Crippen molar-refractivity contribution in [3.05, 3.63) is 39.3 Å². The first-order chi connectivity index (χ1) is 6.63. The summed E-state index contributed by atoms with van der Waals surface area (Å²) in [5.41, 5.74) is 0.875. The number of ether oxygens (including phenoxy) is 1. The molecule has 0 spiro atoms. The van der Waals surface area contributed by atoms with Crippen LogP contribution in [0.1, 0.15) is 5.56 Å². The summed E-state index contributed by atoms with van der Waals surface area (Å²) < 4.78 is 5.31. The van der Waals surface area contributed by atoms with Crippen LogP contribution in [0.2, 0.25) is 5.02 Å². The molecule has 0 aromatic heterocycles. The molecule has 1 aromatic carbocycles. The number of hydrogen-bond donors (Lipinski definition) is 0. The number of methoxy groups -OCH3 is 1. The van der Waals surface area contributed by atoms with Crippen LogP contribution in [0.25, 0.3) is 6.08 Å². The fraction of sp³-hybridized carbons (Fsp3) is 0.100. The minimum Gasteiger partial charge on any atom is -0.466 e. The largest absolute Gasteiger partial charge is 0.466 e. The lowest BCUT2D eigenvalue weighted by Crippen LogP contribution is -1.93. The molecule has 0 saturated carbocycles. The second-order valence-electron chi connectivity index (χ2n) is 2.52. The lowest BCUT2D eigenvalue weighted by Gasteiger charge is -1.98. The van der Waals surface area contributed by atoms with Crippen molar-refractivity contribution < 1.29 is 9.53 Å². The zero-order valence-electron chi connectivity index (χ0n) is 7.46. The van der Waals surface area contributed by atoms with E-state index in [-0.39, 0.29) is 5.97 Å². The molecular formula is C10H8BrClO2. The minimum absolute atomic E-state index is 0.383. The van der Waals surface area contributed by atoms with Crippen LogP contribution in [-0.2, 0) is 9.53 Å². The topological polar surface area (TPSA) is 26.3 Å². The molecular weight excluding hydrogens is 267 g/mol. The van der Waals surface area contributed by atoms with Gasteiger partial charge in [-0.3, -0.25) is 0 Å². The van der Waals surface area contributed by atoms with Crippen molar-refractivity contribution in [1.29, 1.82) is 0 Å². The Morgan fingerprint density at radius 1 is 1.57 bits per heavy atom. The molecule has 1 aromatic rings. The van der Waals surface area contributed by atoms with Crippen molar-refractivity contribution in [2.75, 3.05) is 7.11 Å². The number of benzene rings is 1. The lowest BCUT2D eigenvalue weighted by molar-refractivity contribution is -0.134. The third-order valence-corrected chi connectivity index (χ3v) is 2.48. The Morgan fingerprint density at radius 3 is 2.86 bits per heavy atom. The summed E-state index contributed by atoms with van der Waals surface area (Å²) in [6.07, 6.45) is 3.01. The van der Waals surface area contributed by atoms with Gasteiger partial charge in [-0.15, -0.1) is 0 Å². The van der Waals surface area contributed by atoms with Crippen LogP contribution in [0, 0.1) is 0 Å². The van der Waals surface area contributed by atoms with Gasteiger partial charge in [0.15, 0.2) is 0 Å². The highest BCUT2D eigenvalue weighted by molar-refractivity contribution is 9.10. The van der Waals surface area contributed by atoms with E-state index >= 15 is 0 Å². The Bertz CT molecular complexity index is 374. The molecule has 0 radical (unpaired) electrons. The number of rotatable bonds is 2. The Labute approximate surface area is 95.6 Å². The highest BCUT2D eigenvalue weighted by Gasteiger charge is 1.98. The van der Waals surface area contributed by atoms with Crippen LogP contribution < -0.4 is 0 Å². The molecule has 0 unspecified atom stereocenters. The predicted molar refractivity (Wildman–Crippen MR) is 60.2 cm³/mol. The number of carbonyl (C=O) groups is 1. The Balaban J connectivity index is 2.87. The van der Waals surface area contributed by atoms with E-state index in [1.807, 2.05) is 6.07 Å². The first-order valence-electron chi connectivity index (χ1n) is 3.84. The molecule has 0 atom stereocenters. The quantitative estimate of drug-likeness (QED) is 0.611. The molecule has 0 amide bonds. The van der Waals surface area contributed by atoms with Gasteiger partial charge in [0, 0.05) is 15.6 Å². The van der Waals surface area contributed by atoms with Gasteiger partial charge in [-0.2, -0.15) is 0 Å². The predicted octanol–water partition coefficient (Wildman–Crippen LogP) is 3.29. The van der Waals surface area contributed by atoms with Crippen molar-refractivity contribution in [2.45, 2.75) is 0 Å². The molecule has 1 rings (SSSR count). The van der Waals surface area contributed by atoms with Gasteiger partial charge in [0.05, 0.1) is 7.11 Å². The molecule has 2 nitrogen and oxygen atoms in total. The standard InChI is InChI=1S/C10H8BrClO2/c1-14-10(13)5-3-7-2-4-8(12)6-9(7)11/h2-6H,1H3/b5-3+. The Morgan fingerprint density at radius 2 is 2.29 bits per heavy atom. The van der Waals surface area contributed by atoms with Crippen LogP contribution in [0.5, 0.6) is 0 Å². The molecule has 0 fully saturated rings. The third kappa shape index (κ3) is 3.16. The molecule has 0 aliphatic heterocycles. The number of esters is 1. The van der Waals surface area contributed by atoms with Gasteiger partial charge in [-0.1, -0.05) is 33.6 Å². The van der Waals surface area contributed by atoms with Crippen molar-refractivity contribution in [3.8, 4) is 0 Å². The Kier molecular flexibility index (Phi) is 4.17. The van der Waals surface area contributed by atoms with Crippen LogP contribution in [0.4, 0.5) is 0 Å². The zero-order chi connectivity index (χ0) is 10.6. The van der Waals surface area contributed by atoms with Gasteiger partial charge in [0.25, 0.3) is 0 Å². The van der Waals surface area contributed by atoms with Crippen LogP contribution in [0.3, 0.4) is 0 Å². The van der Waals surface area contributed by atoms with Crippen molar-refractivity contribution in [3.63, 3.8) is 0 Å². The highest BCUT2D eigenvalue weighted by atomic mass is 79.9. The maximum atomic E-state index is 10.8. The van der Waals surface area contributed by atoms with E-state index in [0.29, 0.717) is 5.02 Å². The van der Waals surface area contributed by atoms with E-state index in [9.17, 15) is 4.79 Å². The van der Waals surface area contributed by atoms with Crippen molar-refractivity contribution >= 4 is 39.6 Å². The first-order valence-corrected chi connectivity index (χ1v) is 5.01. The van der Waals surface area contributed by atoms with E-state index in [1.54, 1.807) is 18.2 Å². The lowest BCUT2D eigenvalue weighted by atomic mass is 10.2. The molecule has 0 heterocycles. The fourth-order valence-electron chi connectivity index (χ4n) is 0.863. The number of hydrogen-bond acceptors (Lipinski definition) is 2. The molecule has 14 heavy (non-hydrogen) atoms. The van der Waals surface area contributed by atoms with Gasteiger partial charge in [-0.05, 0) is 23.8 Å². The first kappa shape index (κ1) is 11.3. The van der Waals surface area contributed by atoms with Gasteiger partial charge in [-0.25, -0.2) is 4.79 Å². The maximum absolute atomic E-state index is 10.8. The number of carbonyl (C=O) groups excluding carboxylic acids is 1. The summed E-state index contributed by atoms with van der Waals surface area (Å²) in [6.45, 7) is 0. The maximum Gasteiger partial charge on any atom is 0.330 e. The molecule has 0 aliphatic rings. The van der Waals surface area contributed by atoms with E-state index in [4.69, 9.17) is 11.6 Å². The van der Waals surface area contributed by atoms with Crippen molar-refractivity contribution in [1.82, 2.24) is 0 Å².